The molecule has 1 aliphatic heterocycles. The topological polar surface area (TPSA) is 41.1 Å². The molecule has 106 valence electrons. The van der Waals surface area contributed by atoms with Gasteiger partial charge >= 0.3 is 0 Å². The van der Waals surface area contributed by atoms with Crippen LogP contribution in [0.2, 0.25) is 0 Å². The zero-order chi connectivity index (χ0) is 12.8. The number of rotatable bonds is 5. The molecule has 2 N–H and O–H groups in total. The van der Waals surface area contributed by atoms with E-state index >= 15 is 0 Å². The summed E-state index contributed by atoms with van der Waals surface area (Å²) in [6, 6.07) is 9.93. The highest BCUT2D eigenvalue weighted by atomic mass is 35.5. The van der Waals surface area contributed by atoms with Crippen LogP contribution < -0.4 is 10.6 Å². The molecule has 2 unspecified atom stereocenters. The lowest BCUT2D eigenvalue weighted by Crippen LogP contribution is -2.30. The highest BCUT2D eigenvalue weighted by molar-refractivity contribution is 5.85. The maximum absolute atomic E-state index is 12.0. The molecule has 0 radical (unpaired) electrons. The molecular weight excluding hydrogens is 260 g/mol. The van der Waals surface area contributed by atoms with E-state index in [4.69, 9.17) is 0 Å². The Morgan fingerprint density at radius 3 is 2.79 bits per heavy atom. The first kappa shape index (κ1) is 16.0. The van der Waals surface area contributed by atoms with Gasteiger partial charge in [0.15, 0.2) is 0 Å². The minimum Gasteiger partial charge on any atom is -0.356 e. The van der Waals surface area contributed by atoms with Crippen LogP contribution in [0.15, 0.2) is 30.3 Å². The van der Waals surface area contributed by atoms with Gasteiger partial charge in [0.25, 0.3) is 0 Å². The average molecular weight is 283 g/mol. The van der Waals surface area contributed by atoms with Gasteiger partial charge < -0.3 is 10.6 Å². The minimum atomic E-state index is -0.0621. The van der Waals surface area contributed by atoms with Crippen molar-refractivity contribution < 1.29 is 4.79 Å². The zero-order valence-corrected chi connectivity index (χ0v) is 12.2. The van der Waals surface area contributed by atoms with Crippen molar-refractivity contribution >= 4 is 18.3 Å². The molecule has 0 spiro atoms. The molecule has 1 heterocycles. The molecule has 4 heteroatoms. The summed E-state index contributed by atoms with van der Waals surface area (Å²) >= 11 is 0. The Kier molecular flexibility index (Phi) is 6.89. The Labute approximate surface area is 121 Å². The molecule has 1 aromatic rings. The first-order valence-corrected chi connectivity index (χ1v) is 6.80. The third kappa shape index (κ3) is 4.84. The van der Waals surface area contributed by atoms with Gasteiger partial charge in [-0.25, -0.2) is 0 Å². The lowest BCUT2D eigenvalue weighted by atomic mass is 10.00. The number of benzene rings is 1. The van der Waals surface area contributed by atoms with Gasteiger partial charge in [0.2, 0.25) is 5.91 Å². The summed E-state index contributed by atoms with van der Waals surface area (Å²) in [5.74, 6) is 0.803. The van der Waals surface area contributed by atoms with Crippen LogP contribution in [-0.2, 0) is 4.79 Å². The number of carbonyl (C=O) groups excluding carboxylic acids is 1. The quantitative estimate of drug-likeness (QED) is 0.870. The van der Waals surface area contributed by atoms with E-state index in [0.717, 1.165) is 37.5 Å². The predicted octanol–water partition coefficient (Wildman–Crippen LogP) is 2.33. The summed E-state index contributed by atoms with van der Waals surface area (Å²) in [4.78, 5) is 12.0. The second-order valence-electron chi connectivity index (χ2n) is 5.07. The average Bonchev–Trinajstić information content (AvgIpc) is 2.92. The van der Waals surface area contributed by atoms with Crippen LogP contribution in [0.4, 0.5) is 0 Å². The fourth-order valence-electron chi connectivity index (χ4n) is 2.41. The number of hydrogen-bond donors (Lipinski definition) is 2. The van der Waals surface area contributed by atoms with Crippen molar-refractivity contribution in [1.82, 2.24) is 10.6 Å². The van der Waals surface area contributed by atoms with Crippen LogP contribution in [0.25, 0.3) is 0 Å². The summed E-state index contributed by atoms with van der Waals surface area (Å²) in [6.45, 7) is 4.98. The van der Waals surface area contributed by atoms with Crippen molar-refractivity contribution in [2.45, 2.75) is 25.7 Å². The minimum absolute atomic E-state index is 0. The number of carbonyl (C=O) groups is 1. The number of hydrogen-bond acceptors (Lipinski definition) is 2. The molecule has 1 aromatic carbocycles. The van der Waals surface area contributed by atoms with Gasteiger partial charge in [-0.15, -0.1) is 12.4 Å². The molecule has 2 atom stereocenters. The molecule has 1 amide bonds. The van der Waals surface area contributed by atoms with Gasteiger partial charge in [-0.05, 0) is 44.3 Å². The van der Waals surface area contributed by atoms with E-state index in [2.05, 4.69) is 10.6 Å². The predicted molar refractivity (Wildman–Crippen MR) is 80.7 cm³/mol. The van der Waals surface area contributed by atoms with Crippen molar-refractivity contribution in [2.24, 2.45) is 5.92 Å². The van der Waals surface area contributed by atoms with E-state index in [0.29, 0.717) is 0 Å². The van der Waals surface area contributed by atoms with Crippen molar-refractivity contribution in [2.75, 3.05) is 19.6 Å². The third-order valence-electron chi connectivity index (χ3n) is 3.71. The summed E-state index contributed by atoms with van der Waals surface area (Å²) in [7, 11) is 0. The van der Waals surface area contributed by atoms with Gasteiger partial charge in [-0.1, -0.05) is 30.3 Å². The lowest BCUT2D eigenvalue weighted by Gasteiger charge is -2.14. The van der Waals surface area contributed by atoms with Crippen molar-refractivity contribution in [3.8, 4) is 0 Å². The SMILES string of the molecule is CC(C(=O)NCCC1CCNC1)c1ccccc1.Cl. The van der Waals surface area contributed by atoms with Crippen molar-refractivity contribution in [3.05, 3.63) is 35.9 Å². The van der Waals surface area contributed by atoms with Crippen LogP contribution in [0.5, 0.6) is 0 Å². The first-order chi connectivity index (χ1) is 8.77. The van der Waals surface area contributed by atoms with E-state index in [1.807, 2.05) is 37.3 Å². The van der Waals surface area contributed by atoms with E-state index in [1.165, 1.54) is 6.42 Å². The molecule has 0 saturated carbocycles. The molecule has 0 bridgehead atoms. The summed E-state index contributed by atoms with van der Waals surface area (Å²) < 4.78 is 0. The third-order valence-corrected chi connectivity index (χ3v) is 3.71. The fourth-order valence-corrected chi connectivity index (χ4v) is 2.41. The second kappa shape index (κ2) is 8.18. The summed E-state index contributed by atoms with van der Waals surface area (Å²) in [5, 5.41) is 6.39. The van der Waals surface area contributed by atoms with E-state index in [1.54, 1.807) is 0 Å². The Morgan fingerprint density at radius 1 is 1.42 bits per heavy atom. The number of halogens is 1. The Morgan fingerprint density at radius 2 is 2.16 bits per heavy atom. The van der Waals surface area contributed by atoms with Gasteiger partial charge in [-0.2, -0.15) is 0 Å². The fraction of sp³-hybridized carbons (Fsp3) is 0.533. The van der Waals surface area contributed by atoms with Crippen LogP contribution in [0.1, 0.15) is 31.2 Å². The van der Waals surface area contributed by atoms with Gasteiger partial charge in [0, 0.05) is 6.54 Å². The molecular formula is C15H23ClN2O. The Hall–Kier alpha value is -1.06. The number of nitrogens with one attached hydrogen (secondary N) is 2. The Bertz CT molecular complexity index is 377. The highest BCUT2D eigenvalue weighted by Gasteiger charge is 2.17. The molecule has 1 aliphatic rings. The zero-order valence-electron chi connectivity index (χ0n) is 11.4. The van der Waals surface area contributed by atoms with Gasteiger partial charge in [-0.3, -0.25) is 4.79 Å². The summed E-state index contributed by atoms with van der Waals surface area (Å²) in [6.07, 6.45) is 2.32. The summed E-state index contributed by atoms with van der Waals surface area (Å²) in [5.41, 5.74) is 1.08. The van der Waals surface area contributed by atoms with Crippen LogP contribution in [-0.4, -0.2) is 25.5 Å². The lowest BCUT2D eigenvalue weighted by molar-refractivity contribution is -0.122. The van der Waals surface area contributed by atoms with Crippen LogP contribution in [0.3, 0.4) is 0 Å². The largest absolute Gasteiger partial charge is 0.356 e. The Balaban J connectivity index is 0.00000180. The van der Waals surface area contributed by atoms with Crippen molar-refractivity contribution in [1.29, 1.82) is 0 Å². The second-order valence-corrected chi connectivity index (χ2v) is 5.07. The molecule has 1 saturated heterocycles. The van der Waals surface area contributed by atoms with Crippen LogP contribution >= 0.6 is 12.4 Å². The maximum atomic E-state index is 12.0. The standard InChI is InChI=1S/C15H22N2O.ClH/c1-12(14-5-3-2-4-6-14)15(18)17-10-8-13-7-9-16-11-13;/h2-6,12-13,16H,7-11H2,1H3,(H,17,18);1H. The van der Waals surface area contributed by atoms with Gasteiger partial charge in [0.1, 0.15) is 0 Å². The number of amides is 1. The normalized spacial score (nSPS) is 19.5. The molecule has 19 heavy (non-hydrogen) atoms. The smallest absolute Gasteiger partial charge is 0.227 e. The van der Waals surface area contributed by atoms with Crippen molar-refractivity contribution in [3.63, 3.8) is 0 Å². The maximum Gasteiger partial charge on any atom is 0.227 e. The van der Waals surface area contributed by atoms with E-state index in [-0.39, 0.29) is 24.2 Å². The monoisotopic (exact) mass is 282 g/mol. The molecule has 1 fully saturated rings. The molecule has 2 rings (SSSR count). The highest BCUT2D eigenvalue weighted by Crippen LogP contribution is 2.15. The first-order valence-electron chi connectivity index (χ1n) is 6.80. The van der Waals surface area contributed by atoms with Gasteiger partial charge in [0.05, 0.1) is 5.92 Å². The van der Waals surface area contributed by atoms with E-state index in [9.17, 15) is 4.79 Å². The molecule has 0 aromatic heterocycles. The van der Waals surface area contributed by atoms with E-state index < -0.39 is 0 Å². The van der Waals surface area contributed by atoms with Crippen LogP contribution in [0, 0.1) is 5.92 Å². The molecule has 0 aliphatic carbocycles. The molecule has 3 nitrogen and oxygen atoms in total.